The molecule has 0 aliphatic rings. The van der Waals surface area contributed by atoms with Gasteiger partial charge in [0.25, 0.3) is 0 Å². The second kappa shape index (κ2) is 13.2. The lowest BCUT2D eigenvalue weighted by molar-refractivity contribution is -0.156. The van der Waals surface area contributed by atoms with Crippen LogP contribution < -0.4 is 0 Å². The first-order chi connectivity index (χ1) is 10.0. The Labute approximate surface area is 133 Å². The largest absolute Gasteiger partial charge is 0.460 e. The van der Waals surface area contributed by atoms with Crippen LogP contribution in [0.2, 0.25) is 0 Å². The summed E-state index contributed by atoms with van der Waals surface area (Å²) in [6.45, 7) is 8.27. The number of hydrogen-bond donors (Lipinski definition) is 0. The third-order valence-corrected chi connectivity index (χ3v) is 4.23. The molecular weight excluding hydrogens is 260 g/mol. The van der Waals surface area contributed by atoms with Gasteiger partial charge in [0.1, 0.15) is 5.60 Å². The highest BCUT2D eigenvalue weighted by molar-refractivity contribution is 5.69. The molecular formula is C19H38O2. The molecule has 0 aliphatic carbocycles. The monoisotopic (exact) mass is 298 g/mol. The maximum Gasteiger partial charge on any atom is 0.306 e. The van der Waals surface area contributed by atoms with Crippen molar-refractivity contribution in [2.24, 2.45) is 0 Å². The van der Waals surface area contributed by atoms with Gasteiger partial charge >= 0.3 is 5.97 Å². The average molecular weight is 299 g/mol. The van der Waals surface area contributed by atoms with Crippen molar-refractivity contribution >= 4 is 5.97 Å². The van der Waals surface area contributed by atoms with Crippen molar-refractivity contribution in [2.45, 2.75) is 117 Å². The summed E-state index contributed by atoms with van der Waals surface area (Å²) in [7, 11) is 0. The molecule has 0 bridgehead atoms. The second-order valence-electron chi connectivity index (χ2n) is 6.87. The summed E-state index contributed by atoms with van der Waals surface area (Å²) in [6, 6.07) is 0. The minimum Gasteiger partial charge on any atom is -0.460 e. The molecule has 0 aromatic rings. The average Bonchev–Trinajstić information content (AvgIpc) is 2.44. The van der Waals surface area contributed by atoms with Crippen LogP contribution in [0.1, 0.15) is 111 Å². The number of ether oxygens (including phenoxy) is 1. The smallest absolute Gasteiger partial charge is 0.306 e. The summed E-state index contributed by atoms with van der Waals surface area (Å²) in [5.41, 5.74) is -0.297. The third-order valence-electron chi connectivity index (χ3n) is 4.23. The molecule has 0 saturated carbocycles. The molecule has 2 nitrogen and oxygen atoms in total. The molecule has 0 spiro atoms. The van der Waals surface area contributed by atoms with Gasteiger partial charge < -0.3 is 4.74 Å². The number of carbonyl (C=O) groups excluding carboxylic acids is 1. The van der Waals surface area contributed by atoms with Crippen LogP contribution in [-0.4, -0.2) is 11.6 Å². The van der Waals surface area contributed by atoms with E-state index < -0.39 is 0 Å². The number of hydrogen-bond acceptors (Lipinski definition) is 2. The van der Waals surface area contributed by atoms with Crippen molar-refractivity contribution in [1.29, 1.82) is 0 Å². The summed E-state index contributed by atoms with van der Waals surface area (Å²) in [4.78, 5) is 11.7. The lowest BCUT2D eigenvalue weighted by atomic mass is 10.0. The highest BCUT2D eigenvalue weighted by Gasteiger charge is 2.19. The molecule has 21 heavy (non-hydrogen) atoms. The van der Waals surface area contributed by atoms with E-state index in [4.69, 9.17) is 4.74 Å². The van der Waals surface area contributed by atoms with Crippen molar-refractivity contribution in [1.82, 2.24) is 0 Å². The lowest BCUT2D eigenvalue weighted by Crippen LogP contribution is -2.26. The fourth-order valence-corrected chi connectivity index (χ4v) is 2.36. The lowest BCUT2D eigenvalue weighted by Gasteiger charge is -2.23. The van der Waals surface area contributed by atoms with Crippen LogP contribution in [0.3, 0.4) is 0 Å². The summed E-state index contributed by atoms with van der Waals surface area (Å²) in [6.07, 6.45) is 15.9. The van der Waals surface area contributed by atoms with Crippen molar-refractivity contribution in [3.8, 4) is 0 Å². The topological polar surface area (TPSA) is 26.3 Å². The Balaban J connectivity index is 3.27. The van der Waals surface area contributed by atoms with E-state index in [9.17, 15) is 4.79 Å². The first kappa shape index (κ1) is 20.5. The quantitative estimate of drug-likeness (QED) is 0.273. The van der Waals surface area contributed by atoms with E-state index in [0.717, 1.165) is 19.3 Å². The number of carbonyl (C=O) groups is 1. The number of unbranched alkanes of at least 4 members (excludes halogenated alkanes) is 10. The normalized spacial score (nSPS) is 11.6. The fourth-order valence-electron chi connectivity index (χ4n) is 2.36. The standard InChI is InChI=1S/C19H38O2/c1-5-7-8-9-10-11-12-13-14-15-16-17-18(20)21-19(3,4)6-2/h5-17H2,1-4H3. The van der Waals surface area contributed by atoms with Gasteiger partial charge in [0.05, 0.1) is 0 Å². The Bertz CT molecular complexity index is 246. The third kappa shape index (κ3) is 14.2. The van der Waals surface area contributed by atoms with Crippen LogP contribution in [0.5, 0.6) is 0 Å². The van der Waals surface area contributed by atoms with Gasteiger partial charge in [-0.1, -0.05) is 78.1 Å². The molecule has 0 fully saturated rings. The Morgan fingerprint density at radius 2 is 1.19 bits per heavy atom. The van der Waals surface area contributed by atoms with Crippen molar-refractivity contribution in [3.05, 3.63) is 0 Å². The van der Waals surface area contributed by atoms with E-state index in [-0.39, 0.29) is 11.6 Å². The van der Waals surface area contributed by atoms with Gasteiger partial charge in [-0.15, -0.1) is 0 Å². The molecule has 0 unspecified atom stereocenters. The Morgan fingerprint density at radius 3 is 1.62 bits per heavy atom. The first-order valence-electron chi connectivity index (χ1n) is 9.23. The van der Waals surface area contributed by atoms with Crippen LogP contribution in [0.25, 0.3) is 0 Å². The van der Waals surface area contributed by atoms with E-state index >= 15 is 0 Å². The van der Waals surface area contributed by atoms with E-state index in [1.54, 1.807) is 0 Å². The molecule has 0 N–H and O–H groups in total. The van der Waals surface area contributed by atoms with Gasteiger partial charge in [-0.25, -0.2) is 0 Å². The van der Waals surface area contributed by atoms with Crippen molar-refractivity contribution in [3.63, 3.8) is 0 Å². The zero-order chi connectivity index (χ0) is 16.0. The van der Waals surface area contributed by atoms with E-state index in [2.05, 4.69) is 13.8 Å². The van der Waals surface area contributed by atoms with Crippen LogP contribution in [0.15, 0.2) is 0 Å². The van der Waals surface area contributed by atoms with Crippen molar-refractivity contribution < 1.29 is 9.53 Å². The van der Waals surface area contributed by atoms with E-state index in [1.807, 2.05) is 13.8 Å². The summed E-state index contributed by atoms with van der Waals surface area (Å²) >= 11 is 0. The van der Waals surface area contributed by atoms with Gasteiger partial charge in [-0.05, 0) is 26.7 Å². The summed E-state index contributed by atoms with van der Waals surface area (Å²) < 4.78 is 5.44. The van der Waals surface area contributed by atoms with Crippen LogP contribution in [0.4, 0.5) is 0 Å². The molecule has 0 aromatic carbocycles. The fraction of sp³-hybridized carbons (Fsp3) is 0.947. The molecule has 0 saturated heterocycles. The maximum absolute atomic E-state index is 11.7. The minimum absolute atomic E-state index is 0.0298. The Hall–Kier alpha value is -0.530. The summed E-state index contributed by atoms with van der Waals surface area (Å²) in [5.74, 6) is -0.0298. The van der Waals surface area contributed by atoms with Gasteiger partial charge in [-0.3, -0.25) is 4.79 Å². The minimum atomic E-state index is -0.297. The van der Waals surface area contributed by atoms with Crippen LogP contribution >= 0.6 is 0 Å². The summed E-state index contributed by atoms with van der Waals surface area (Å²) in [5, 5.41) is 0. The first-order valence-corrected chi connectivity index (χ1v) is 9.23. The maximum atomic E-state index is 11.7. The molecule has 0 amide bonds. The second-order valence-corrected chi connectivity index (χ2v) is 6.87. The highest BCUT2D eigenvalue weighted by atomic mass is 16.6. The predicted octanol–water partition coefficient (Wildman–Crippen LogP) is 6.42. The van der Waals surface area contributed by atoms with Crippen LogP contribution in [0, 0.1) is 0 Å². The molecule has 126 valence electrons. The molecule has 0 rings (SSSR count). The zero-order valence-electron chi connectivity index (χ0n) is 15.0. The van der Waals surface area contributed by atoms with Gasteiger partial charge in [0, 0.05) is 6.42 Å². The predicted molar refractivity (Wildman–Crippen MR) is 91.5 cm³/mol. The van der Waals surface area contributed by atoms with Gasteiger partial charge in [-0.2, -0.15) is 0 Å². The number of esters is 1. The molecule has 0 atom stereocenters. The zero-order valence-corrected chi connectivity index (χ0v) is 15.0. The Kier molecular flexibility index (Phi) is 12.8. The van der Waals surface area contributed by atoms with E-state index in [0.29, 0.717) is 6.42 Å². The SMILES string of the molecule is CCCCCCCCCCCCCC(=O)OC(C)(C)CC. The molecule has 0 aliphatic heterocycles. The van der Waals surface area contributed by atoms with Gasteiger partial charge in [0.15, 0.2) is 0 Å². The Morgan fingerprint density at radius 1 is 0.762 bits per heavy atom. The molecule has 0 radical (unpaired) electrons. The molecule has 0 aromatic heterocycles. The molecule has 2 heteroatoms. The van der Waals surface area contributed by atoms with Crippen LogP contribution in [-0.2, 0) is 9.53 Å². The molecule has 0 heterocycles. The van der Waals surface area contributed by atoms with E-state index in [1.165, 1.54) is 57.8 Å². The highest BCUT2D eigenvalue weighted by Crippen LogP contribution is 2.16. The number of rotatable bonds is 14. The van der Waals surface area contributed by atoms with Gasteiger partial charge in [0.2, 0.25) is 0 Å². The van der Waals surface area contributed by atoms with Crippen molar-refractivity contribution in [2.75, 3.05) is 0 Å².